The number of carbonyl (C=O) groups is 1. The average molecular weight is 271 g/mol. The number of rotatable bonds is 2. The molecule has 0 saturated heterocycles. The Morgan fingerprint density at radius 2 is 2.35 bits per heavy atom. The quantitative estimate of drug-likeness (QED) is 0.802. The normalized spacial score (nSPS) is 17.6. The highest BCUT2D eigenvalue weighted by molar-refractivity contribution is 6.10. The fourth-order valence-electron chi connectivity index (χ4n) is 2.52. The van der Waals surface area contributed by atoms with Gasteiger partial charge in [-0.2, -0.15) is 0 Å². The standard InChI is InChI=1S/C15H17N3O2/c1-20-15(19)10-3-2-4-12(7-10)18-14-13-9-16-6-5-11(13)8-17-14/h2-4,7,16H,5-6,8-9H2,1H3,(H,17,18). The maximum absolute atomic E-state index is 11.5. The van der Waals surface area contributed by atoms with Crippen LogP contribution >= 0.6 is 0 Å². The van der Waals surface area contributed by atoms with Crippen LogP contribution in [0.1, 0.15) is 16.8 Å². The minimum absolute atomic E-state index is 0.332. The summed E-state index contributed by atoms with van der Waals surface area (Å²) >= 11 is 0. The number of nitrogens with one attached hydrogen (secondary N) is 2. The Hall–Kier alpha value is -2.14. The zero-order chi connectivity index (χ0) is 13.9. The summed E-state index contributed by atoms with van der Waals surface area (Å²) in [5, 5.41) is 6.66. The van der Waals surface area contributed by atoms with Gasteiger partial charge >= 0.3 is 5.97 Å². The third-order valence-electron chi connectivity index (χ3n) is 3.59. The second-order valence-electron chi connectivity index (χ2n) is 4.87. The van der Waals surface area contributed by atoms with Gasteiger partial charge in [0, 0.05) is 17.8 Å². The summed E-state index contributed by atoms with van der Waals surface area (Å²) < 4.78 is 4.73. The number of nitrogens with zero attached hydrogens (tertiary/aromatic N) is 1. The van der Waals surface area contributed by atoms with Crippen molar-refractivity contribution in [1.29, 1.82) is 0 Å². The van der Waals surface area contributed by atoms with Crippen LogP contribution in [0.5, 0.6) is 0 Å². The molecule has 0 atom stereocenters. The van der Waals surface area contributed by atoms with E-state index in [1.54, 1.807) is 12.1 Å². The van der Waals surface area contributed by atoms with Gasteiger partial charge in [0.05, 0.1) is 19.2 Å². The molecule has 1 aromatic rings. The van der Waals surface area contributed by atoms with Gasteiger partial charge in [-0.3, -0.25) is 4.99 Å². The molecule has 2 aliphatic rings. The number of hydrogen-bond acceptors (Lipinski definition) is 5. The van der Waals surface area contributed by atoms with E-state index in [4.69, 9.17) is 4.74 Å². The third kappa shape index (κ3) is 2.44. The van der Waals surface area contributed by atoms with E-state index < -0.39 is 0 Å². The van der Waals surface area contributed by atoms with Gasteiger partial charge in [0.2, 0.25) is 0 Å². The first-order chi connectivity index (χ1) is 9.78. The summed E-state index contributed by atoms with van der Waals surface area (Å²) in [6.45, 7) is 2.67. The van der Waals surface area contributed by atoms with Crippen molar-refractivity contribution < 1.29 is 9.53 Å². The van der Waals surface area contributed by atoms with Gasteiger partial charge in [-0.15, -0.1) is 0 Å². The molecule has 0 spiro atoms. The summed E-state index contributed by atoms with van der Waals surface area (Å²) in [6.07, 6.45) is 1.06. The van der Waals surface area contributed by atoms with Crippen LogP contribution in [0.15, 0.2) is 40.4 Å². The fourth-order valence-corrected chi connectivity index (χ4v) is 2.52. The molecule has 0 aromatic heterocycles. The molecule has 0 unspecified atom stereocenters. The number of methoxy groups -OCH3 is 1. The highest BCUT2D eigenvalue weighted by Gasteiger charge is 2.22. The van der Waals surface area contributed by atoms with Gasteiger partial charge in [-0.1, -0.05) is 6.07 Å². The topological polar surface area (TPSA) is 62.7 Å². The predicted octanol–water partition coefficient (Wildman–Crippen LogP) is 1.59. The van der Waals surface area contributed by atoms with Crippen molar-refractivity contribution in [2.24, 2.45) is 4.99 Å². The van der Waals surface area contributed by atoms with Crippen molar-refractivity contribution in [2.45, 2.75) is 6.42 Å². The van der Waals surface area contributed by atoms with Crippen molar-refractivity contribution in [1.82, 2.24) is 5.32 Å². The molecule has 1 aromatic carbocycles. The molecule has 5 nitrogen and oxygen atoms in total. The Balaban J connectivity index is 1.79. The van der Waals surface area contributed by atoms with Crippen molar-refractivity contribution in [3.63, 3.8) is 0 Å². The lowest BCUT2D eigenvalue weighted by Crippen LogP contribution is -2.29. The van der Waals surface area contributed by atoms with Gasteiger partial charge in [-0.25, -0.2) is 4.79 Å². The summed E-state index contributed by atoms with van der Waals surface area (Å²) in [4.78, 5) is 16.1. The van der Waals surface area contributed by atoms with Gasteiger partial charge < -0.3 is 15.4 Å². The number of anilines is 1. The average Bonchev–Trinajstić information content (AvgIpc) is 2.90. The smallest absolute Gasteiger partial charge is 0.337 e. The van der Waals surface area contributed by atoms with Gasteiger partial charge in [0.15, 0.2) is 0 Å². The van der Waals surface area contributed by atoms with Crippen LogP contribution in [-0.4, -0.2) is 38.5 Å². The van der Waals surface area contributed by atoms with E-state index in [9.17, 15) is 4.79 Å². The second kappa shape index (κ2) is 5.46. The molecule has 20 heavy (non-hydrogen) atoms. The minimum atomic E-state index is -0.332. The van der Waals surface area contributed by atoms with E-state index in [0.717, 1.165) is 37.6 Å². The van der Waals surface area contributed by atoms with Crippen molar-refractivity contribution in [3.05, 3.63) is 41.0 Å². The van der Waals surface area contributed by atoms with Crippen LogP contribution in [0.3, 0.4) is 0 Å². The first-order valence-corrected chi connectivity index (χ1v) is 6.70. The van der Waals surface area contributed by atoms with Crippen LogP contribution in [0.25, 0.3) is 0 Å². The second-order valence-corrected chi connectivity index (χ2v) is 4.87. The predicted molar refractivity (Wildman–Crippen MR) is 78.2 cm³/mol. The molecule has 2 heterocycles. The van der Waals surface area contributed by atoms with E-state index in [0.29, 0.717) is 5.56 Å². The Kier molecular flexibility index (Phi) is 3.52. The monoisotopic (exact) mass is 271 g/mol. The van der Waals surface area contributed by atoms with E-state index in [-0.39, 0.29) is 5.97 Å². The van der Waals surface area contributed by atoms with Crippen LogP contribution in [0.4, 0.5) is 5.69 Å². The molecule has 0 fully saturated rings. The van der Waals surface area contributed by atoms with E-state index in [1.165, 1.54) is 18.3 Å². The van der Waals surface area contributed by atoms with Crippen molar-refractivity contribution >= 4 is 17.5 Å². The number of esters is 1. The summed E-state index contributed by atoms with van der Waals surface area (Å²) in [5.41, 5.74) is 4.06. The Morgan fingerprint density at radius 3 is 3.20 bits per heavy atom. The van der Waals surface area contributed by atoms with Crippen molar-refractivity contribution in [3.8, 4) is 0 Å². The summed E-state index contributed by atoms with van der Waals surface area (Å²) in [7, 11) is 1.38. The lowest BCUT2D eigenvalue weighted by Gasteiger charge is -2.17. The zero-order valence-electron chi connectivity index (χ0n) is 11.4. The molecule has 3 rings (SSSR count). The van der Waals surface area contributed by atoms with Crippen LogP contribution < -0.4 is 10.6 Å². The first-order valence-electron chi connectivity index (χ1n) is 6.70. The van der Waals surface area contributed by atoms with Crippen LogP contribution in [0, 0.1) is 0 Å². The molecule has 0 saturated carbocycles. The molecule has 2 N–H and O–H groups in total. The lowest BCUT2D eigenvalue weighted by atomic mass is 10.0. The van der Waals surface area contributed by atoms with Gasteiger partial charge in [0.1, 0.15) is 5.84 Å². The molecule has 0 bridgehead atoms. The fraction of sp³-hybridized carbons (Fsp3) is 0.333. The van der Waals surface area contributed by atoms with E-state index in [2.05, 4.69) is 15.6 Å². The molecule has 2 aliphatic heterocycles. The number of hydrogen-bond donors (Lipinski definition) is 2. The molecule has 0 radical (unpaired) electrons. The maximum Gasteiger partial charge on any atom is 0.337 e. The van der Waals surface area contributed by atoms with Crippen molar-refractivity contribution in [2.75, 3.05) is 32.1 Å². The van der Waals surface area contributed by atoms with E-state index >= 15 is 0 Å². The summed E-state index contributed by atoms with van der Waals surface area (Å²) in [6, 6.07) is 7.27. The van der Waals surface area contributed by atoms with Gasteiger partial charge in [-0.05, 0) is 36.7 Å². The number of benzene rings is 1. The highest BCUT2D eigenvalue weighted by Crippen LogP contribution is 2.22. The number of aliphatic imine (C=N–C) groups is 1. The molecule has 104 valence electrons. The minimum Gasteiger partial charge on any atom is -0.465 e. The Morgan fingerprint density at radius 1 is 1.45 bits per heavy atom. The lowest BCUT2D eigenvalue weighted by molar-refractivity contribution is 0.0601. The Labute approximate surface area is 117 Å². The summed E-state index contributed by atoms with van der Waals surface area (Å²) in [5.74, 6) is 0.579. The largest absolute Gasteiger partial charge is 0.465 e. The Bertz CT molecular complexity index is 605. The van der Waals surface area contributed by atoms with Gasteiger partial charge in [0.25, 0.3) is 0 Å². The molecular formula is C15H17N3O2. The van der Waals surface area contributed by atoms with Crippen LogP contribution in [-0.2, 0) is 4.74 Å². The number of ether oxygens (including phenoxy) is 1. The molecule has 5 heteroatoms. The first kappa shape index (κ1) is 12.9. The van der Waals surface area contributed by atoms with E-state index in [1.807, 2.05) is 12.1 Å². The number of amidine groups is 1. The molecule has 0 aliphatic carbocycles. The van der Waals surface area contributed by atoms with Crippen LogP contribution in [0.2, 0.25) is 0 Å². The highest BCUT2D eigenvalue weighted by atomic mass is 16.5. The maximum atomic E-state index is 11.5. The molecule has 0 amide bonds. The molecular weight excluding hydrogens is 254 g/mol. The zero-order valence-corrected chi connectivity index (χ0v) is 11.4. The SMILES string of the molecule is COC(=O)c1cccc(NC2=NCC3=C2CNCC3)c1. The number of carbonyl (C=O) groups excluding carboxylic acids is 1. The third-order valence-corrected chi connectivity index (χ3v) is 3.59.